The highest BCUT2D eigenvalue weighted by Gasteiger charge is 2.15. The fourth-order valence-electron chi connectivity index (χ4n) is 2.82. The van der Waals surface area contributed by atoms with E-state index in [1.54, 1.807) is 12.1 Å². The first-order valence-electron chi connectivity index (χ1n) is 8.25. The summed E-state index contributed by atoms with van der Waals surface area (Å²) in [6.45, 7) is 4.39. The summed E-state index contributed by atoms with van der Waals surface area (Å²) in [6.07, 6.45) is 3.65. The SMILES string of the molecule is Cc1cc(CNC(=O)c2ccc(Br)cc2)nc(N2CCCCC2)n1. The van der Waals surface area contributed by atoms with Gasteiger partial charge in [-0.25, -0.2) is 9.97 Å². The third-order valence-corrected chi connectivity index (χ3v) is 4.60. The number of amides is 1. The molecule has 0 atom stereocenters. The molecule has 1 saturated heterocycles. The molecule has 24 heavy (non-hydrogen) atoms. The van der Waals surface area contributed by atoms with Gasteiger partial charge in [0.15, 0.2) is 0 Å². The van der Waals surface area contributed by atoms with Crippen molar-refractivity contribution in [3.63, 3.8) is 0 Å². The van der Waals surface area contributed by atoms with Gasteiger partial charge in [-0.1, -0.05) is 15.9 Å². The lowest BCUT2D eigenvalue weighted by molar-refractivity contribution is 0.0950. The standard InChI is InChI=1S/C18H21BrN4O/c1-13-11-16(22-18(21-13)23-9-3-2-4-10-23)12-20-17(24)14-5-7-15(19)8-6-14/h5-8,11H,2-4,9-10,12H2,1H3,(H,20,24). The van der Waals surface area contributed by atoms with Crippen molar-refractivity contribution in [1.29, 1.82) is 0 Å². The summed E-state index contributed by atoms with van der Waals surface area (Å²) in [4.78, 5) is 23.6. The molecule has 1 N–H and O–H groups in total. The summed E-state index contributed by atoms with van der Waals surface area (Å²) in [5.41, 5.74) is 2.41. The first-order chi connectivity index (χ1) is 11.6. The number of benzene rings is 1. The van der Waals surface area contributed by atoms with E-state index in [0.717, 1.165) is 34.9 Å². The summed E-state index contributed by atoms with van der Waals surface area (Å²) >= 11 is 3.37. The molecule has 1 aliphatic rings. The molecule has 3 rings (SSSR count). The van der Waals surface area contributed by atoms with Gasteiger partial charge in [0.05, 0.1) is 12.2 Å². The molecule has 1 fully saturated rings. The maximum absolute atomic E-state index is 12.2. The number of hydrogen-bond acceptors (Lipinski definition) is 4. The summed E-state index contributed by atoms with van der Waals surface area (Å²) in [7, 11) is 0. The van der Waals surface area contributed by atoms with E-state index >= 15 is 0 Å². The van der Waals surface area contributed by atoms with Gasteiger partial charge in [0.1, 0.15) is 0 Å². The minimum atomic E-state index is -0.0988. The van der Waals surface area contributed by atoms with Gasteiger partial charge in [-0.05, 0) is 56.5 Å². The highest BCUT2D eigenvalue weighted by molar-refractivity contribution is 9.10. The Labute approximate surface area is 150 Å². The molecule has 0 aliphatic carbocycles. The summed E-state index contributed by atoms with van der Waals surface area (Å²) < 4.78 is 0.955. The Balaban J connectivity index is 1.67. The number of carbonyl (C=O) groups excluding carboxylic acids is 1. The quantitative estimate of drug-likeness (QED) is 0.870. The van der Waals surface area contributed by atoms with E-state index in [-0.39, 0.29) is 5.91 Å². The highest BCUT2D eigenvalue weighted by atomic mass is 79.9. The molecule has 1 aliphatic heterocycles. The number of aromatic nitrogens is 2. The lowest BCUT2D eigenvalue weighted by Gasteiger charge is -2.27. The molecule has 5 nitrogen and oxygen atoms in total. The van der Waals surface area contributed by atoms with Crippen LogP contribution < -0.4 is 10.2 Å². The number of aryl methyl sites for hydroxylation is 1. The van der Waals surface area contributed by atoms with Crippen LogP contribution in [-0.4, -0.2) is 29.0 Å². The van der Waals surface area contributed by atoms with E-state index in [0.29, 0.717) is 12.1 Å². The molecule has 0 unspecified atom stereocenters. The number of halogens is 1. The third kappa shape index (κ3) is 4.32. The summed E-state index contributed by atoms with van der Waals surface area (Å²) in [6, 6.07) is 9.24. The Morgan fingerprint density at radius 1 is 1.17 bits per heavy atom. The van der Waals surface area contributed by atoms with Crippen molar-refractivity contribution in [2.75, 3.05) is 18.0 Å². The van der Waals surface area contributed by atoms with E-state index < -0.39 is 0 Å². The van der Waals surface area contributed by atoms with Crippen molar-refractivity contribution >= 4 is 27.8 Å². The molecule has 1 aromatic carbocycles. The van der Waals surface area contributed by atoms with E-state index in [2.05, 4.69) is 36.1 Å². The monoisotopic (exact) mass is 388 g/mol. The molecular weight excluding hydrogens is 368 g/mol. The van der Waals surface area contributed by atoms with Crippen LogP contribution in [0.15, 0.2) is 34.8 Å². The van der Waals surface area contributed by atoms with Crippen molar-refractivity contribution in [3.05, 3.63) is 51.8 Å². The number of rotatable bonds is 4. The van der Waals surface area contributed by atoms with Crippen LogP contribution in [-0.2, 0) is 6.54 Å². The van der Waals surface area contributed by atoms with Gasteiger partial charge in [0.2, 0.25) is 5.95 Å². The van der Waals surface area contributed by atoms with E-state index in [4.69, 9.17) is 0 Å². The largest absolute Gasteiger partial charge is 0.346 e. The maximum atomic E-state index is 12.2. The zero-order valence-corrected chi connectivity index (χ0v) is 15.3. The van der Waals surface area contributed by atoms with Crippen molar-refractivity contribution in [2.24, 2.45) is 0 Å². The van der Waals surface area contributed by atoms with Gasteiger partial charge in [-0.15, -0.1) is 0 Å². The number of hydrogen-bond donors (Lipinski definition) is 1. The fraction of sp³-hybridized carbons (Fsp3) is 0.389. The van der Waals surface area contributed by atoms with E-state index in [9.17, 15) is 4.79 Å². The number of carbonyl (C=O) groups is 1. The number of piperidine rings is 1. The smallest absolute Gasteiger partial charge is 0.251 e. The highest BCUT2D eigenvalue weighted by Crippen LogP contribution is 2.17. The average Bonchev–Trinajstić information content (AvgIpc) is 2.60. The van der Waals surface area contributed by atoms with Crippen LogP contribution in [0.25, 0.3) is 0 Å². The Hall–Kier alpha value is -1.95. The van der Waals surface area contributed by atoms with Crippen LogP contribution in [0, 0.1) is 6.92 Å². The van der Waals surface area contributed by atoms with E-state index in [1.807, 2.05) is 25.1 Å². The number of nitrogens with one attached hydrogen (secondary N) is 1. The lowest BCUT2D eigenvalue weighted by atomic mass is 10.1. The molecule has 1 amide bonds. The molecule has 6 heteroatoms. The topological polar surface area (TPSA) is 58.1 Å². The van der Waals surface area contributed by atoms with Crippen LogP contribution >= 0.6 is 15.9 Å². The molecule has 126 valence electrons. The Morgan fingerprint density at radius 2 is 1.88 bits per heavy atom. The molecular formula is C18H21BrN4O. The number of anilines is 1. The Bertz CT molecular complexity index is 711. The zero-order valence-electron chi connectivity index (χ0n) is 13.8. The van der Waals surface area contributed by atoms with Crippen LogP contribution in [0.1, 0.15) is 41.0 Å². The molecule has 0 saturated carbocycles. The summed E-state index contributed by atoms with van der Waals surface area (Å²) in [5, 5.41) is 2.93. The van der Waals surface area contributed by atoms with Gasteiger partial charge in [-0.3, -0.25) is 4.79 Å². The molecule has 1 aromatic heterocycles. The molecule has 2 heterocycles. The molecule has 2 aromatic rings. The first-order valence-corrected chi connectivity index (χ1v) is 9.04. The van der Waals surface area contributed by atoms with Gasteiger partial charge in [-0.2, -0.15) is 0 Å². The van der Waals surface area contributed by atoms with Gasteiger partial charge in [0, 0.05) is 28.8 Å². The summed E-state index contributed by atoms with van der Waals surface area (Å²) in [5.74, 6) is 0.681. The van der Waals surface area contributed by atoms with Crippen molar-refractivity contribution in [2.45, 2.75) is 32.7 Å². The number of nitrogens with zero attached hydrogens (tertiary/aromatic N) is 3. The van der Waals surface area contributed by atoms with Crippen LogP contribution in [0.4, 0.5) is 5.95 Å². The predicted molar refractivity (Wildman–Crippen MR) is 98.1 cm³/mol. The minimum absolute atomic E-state index is 0.0988. The van der Waals surface area contributed by atoms with Crippen molar-refractivity contribution in [1.82, 2.24) is 15.3 Å². The normalized spacial score (nSPS) is 14.5. The zero-order chi connectivity index (χ0) is 16.9. The third-order valence-electron chi connectivity index (χ3n) is 4.07. The molecule has 0 bridgehead atoms. The van der Waals surface area contributed by atoms with Crippen molar-refractivity contribution in [3.8, 4) is 0 Å². The van der Waals surface area contributed by atoms with Crippen LogP contribution in [0.2, 0.25) is 0 Å². The second kappa shape index (κ2) is 7.75. The fourth-order valence-corrected chi connectivity index (χ4v) is 3.08. The molecule has 0 spiro atoms. The van der Waals surface area contributed by atoms with E-state index in [1.165, 1.54) is 19.3 Å². The van der Waals surface area contributed by atoms with Crippen LogP contribution in [0.3, 0.4) is 0 Å². The molecule has 0 radical (unpaired) electrons. The van der Waals surface area contributed by atoms with Gasteiger partial charge < -0.3 is 10.2 Å². The Morgan fingerprint density at radius 3 is 2.58 bits per heavy atom. The Kier molecular flexibility index (Phi) is 5.45. The minimum Gasteiger partial charge on any atom is -0.346 e. The van der Waals surface area contributed by atoms with Gasteiger partial charge >= 0.3 is 0 Å². The predicted octanol–water partition coefficient (Wildman–Crippen LogP) is 3.47. The second-order valence-corrected chi connectivity index (χ2v) is 6.95. The van der Waals surface area contributed by atoms with Crippen molar-refractivity contribution < 1.29 is 4.79 Å². The van der Waals surface area contributed by atoms with Gasteiger partial charge in [0.25, 0.3) is 5.91 Å². The van der Waals surface area contributed by atoms with Crippen LogP contribution in [0.5, 0.6) is 0 Å². The average molecular weight is 389 g/mol. The second-order valence-electron chi connectivity index (χ2n) is 6.04. The first kappa shape index (κ1) is 16.9. The lowest BCUT2D eigenvalue weighted by Crippen LogP contribution is -2.31. The maximum Gasteiger partial charge on any atom is 0.251 e.